The third-order valence-electron chi connectivity index (χ3n) is 8.00. The van der Waals surface area contributed by atoms with E-state index in [2.05, 4.69) is 72.8 Å². The number of fused-ring (bicyclic) bond motifs is 3. The molecule has 8 aromatic rings. The molecule has 5 aromatic carbocycles. The minimum atomic E-state index is 0.622. The van der Waals surface area contributed by atoms with E-state index in [1.54, 1.807) is 0 Å². The van der Waals surface area contributed by atoms with Crippen LogP contribution in [0.4, 0.5) is 0 Å². The summed E-state index contributed by atoms with van der Waals surface area (Å²) in [5.74, 6) is 1.90. The molecule has 8 rings (SSSR count). The lowest BCUT2D eigenvalue weighted by molar-refractivity contribution is 1.07. The Morgan fingerprint density at radius 1 is 0.378 bits per heavy atom. The first-order chi connectivity index (χ1) is 22.2. The minimum absolute atomic E-state index is 0.622. The van der Waals surface area contributed by atoms with Gasteiger partial charge in [-0.05, 0) is 30.2 Å². The summed E-state index contributed by atoms with van der Waals surface area (Å²) >= 11 is 0. The molecule has 212 valence electrons. The van der Waals surface area contributed by atoms with Crippen LogP contribution >= 0.6 is 0 Å². The molecule has 0 unspecified atom stereocenters. The molecular weight excluding hydrogens is 550 g/mol. The maximum absolute atomic E-state index is 5.21. The van der Waals surface area contributed by atoms with Crippen LogP contribution in [-0.2, 0) is 0 Å². The molecule has 0 amide bonds. The molecule has 5 heteroatoms. The zero-order valence-corrected chi connectivity index (χ0v) is 24.6. The van der Waals surface area contributed by atoms with E-state index in [4.69, 9.17) is 24.9 Å². The summed E-state index contributed by atoms with van der Waals surface area (Å²) in [4.78, 5) is 24.7. The summed E-state index contributed by atoms with van der Waals surface area (Å²) in [5.41, 5.74) is 9.72. The predicted octanol–water partition coefficient (Wildman–Crippen LogP) is 9.61. The number of hydrogen-bond donors (Lipinski definition) is 0. The maximum atomic E-state index is 5.21. The Hall–Kier alpha value is -6.07. The van der Waals surface area contributed by atoms with Crippen molar-refractivity contribution in [2.24, 2.45) is 0 Å². The van der Waals surface area contributed by atoms with Gasteiger partial charge in [-0.3, -0.25) is 4.98 Å². The lowest BCUT2D eigenvalue weighted by Crippen LogP contribution is -2.00. The van der Waals surface area contributed by atoms with Crippen molar-refractivity contribution in [1.29, 1.82) is 0 Å². The van der Waals surface area contributed by atoms with Crippen LogP contribution < -0.4 is 0 Å². The summed E-state index contributed by atoms with van der Waals surface area (Å²) < 4.78 is 0. The van der Waals surface area contributed by atoms with Gasteiger partial charge in [0.25, 0.3) is 0 Å². The highest BCUT2D eigenvalue weighted by atomic mass is 15.0. The lowest BCUT2D eigenvalue weighted by Gasteiger charge is -2.13. The van der Waals surface area contributed by atoms with Crippen molar-refractivity contribution in [1.82, 2.24) is 24.9 Å². The Bertz CT molecular complexity index is 2240. The normalized spacial score (nSPS) is 11.2. The van der Waals surface area contributed by atoms with Gasteiger partial charge in [0.05, 0.1) is 16.7 Å². The smallest absolute Gasteiger partial charge is 0.164 e. The van der Waals surface area contributed by atoms with Gasteiger partial charge in [0.2, 0.25) is 0 Å². The molecule has 0 saturated heterocycles. The Morgan fingerprint density at radius 2 is 0.867 bits per heavy atom. The fraction of sp³-hybridized carbons (Fsp3) is 0.0250. The number of rotatable bonds is 5. The van der Waals surface area contributed by atoms with Crippen LogP contribution in [0, 0.1) is 6.92 Å². The monoisotopic (exact) mass is 577 g/mol. The van der Waals surface area contributed by atoms with E-state index < -0.39 is 0 Å². The van der Waals surface area contributed by atoms with Crippen molar-refractivity contribution in [3.63, 3.8) is 0 Å². The first-order valence-corrected chi connectivity index (χ1v) is 14.9. The summed E-state index contributed by atoms with van der Waals surface area (Å²) in [6.07, 6.45) is 0. The second-order valence-electron chi connectivity index (χ2n) is 11.0. The van der Waals surface area contributed by atoms with Gasteiger partial charge < -0.3 is 0 Å². The van der Waals surface area contributed by atoms with Gasteiger partial charge in [0.15, 0.2) is 17.5 Å². The quantitative estimate of drug-likeness (QED) is 0.191. The number of nitrogens with zero attached hydrogens (tertiary/aromatic N) is 5. The minimum Gasteiger partial charge on any atom is -0.251 e. The number of benzene rings is 5. The van der Waals surface area contributed by atoms with E-state index in [1.807, 2.05) is 79.7 Å². The van der Waals surface area contributed by atoms with Crippen molar-refractivity contribution in [2.45, 2.75) is 6.92 Å². The molecule has 0 radical (unpaired) electrons. The molecule has 0 aliphatic carbocycles. The number of aryl methyl sites for hydroxylation is 1. The van der Waals surface area contributed by atoms with Gasteiger partial charge in [-0.25, -0.2) is 19.9 Å². The molecule has 45 heavy (non-hydrogen) atoms. The van der Waals surface area contributed by atoms with Crippen molar-refractivity contribution in [3.05, 3.63) is 151 Å². The fourth-order valence-corrected chi connectivity index (χ4v) is 5.70. The van der Waals surface area contributed by atoms with Crippen LogP contribution in [0.5, 0.6) is 0 Å². The third kappa shape index (κ3) is 5.11. The van der Waals surface area contributed by atoms with Crippen LogP contribution in [0.25, 0.3) is 78.4 Å². The summed E-state index contributed by atoms with van der Waals surface area (Å²) in [5, 5.41) is 2.16. The molecule has 3 heterocycles. The number of aromatic nitrogens is 5. The standard InChI is InChI=1S/C40H27N5/c1-26-17-18-29-23-24-33-34(27-11-5-2-6-12-27)25-35(42-37(33)36(29)41-26)28-19-21-32(22-20-28)40-44-38(30-13-7-3-8-14-30)43-39(45-40)31-15-9-4-10-16-31/h2-25H,1H3. The highest BCUT2D eigenvalue weighted by Gasteiger charge is 2.15. The van der Waals surface area contributed by atoms with Crippen molar-refractivity contribution >= 4 is 21.8 Å². The summed E-state index contributed by atoms with van der Waals surface area (Å²) in [6, 6.07) is 49.5. The average molecular weight is 578 g/mol. The maximum Gasteiger partial charge on any atom is 0.164 e. The molecule has 0 saturated carbocycles. The molecule has 0 fully saturated rings. The second-order valence-corrected chi connectivity index (χ2v) is 11.0. The molecule has 0 spiro atoms. The zero-order chi connectivity index (χ0) is 30.2. The molecule has 0 N–H and O–H groups in total. The predicted molar refractivity (Wildman–Crippen MR) is 182 cm³/mol. The highest BCUT2D eigenvalue weighted by molar-refractivity contribution is 6.09. The van der Waals surface area contributed by atoms with E-state index in [1.165, 1.54) is 0 Å². The van der Waals surface area contributed by atoms with Crippen LogP contribution in [0.3, 0.4) is 0 Å². The molecule has 0 bridgehead atoms. The summed E-state index contributed by atoms with van der Waals surface area (Å²) in [7, 11) is 0. The van der Waals surface area contributed by atoms with Crippen molar-refractivity contribution in [3.8, 4) is 56.5 Å². The Labute approximate surface area is 261 Å². The Kier molecular flexibility index (Phi) is 6.61. The van der Waals surface area contributed by atoms with Gasteiger partial charge in [-0.1, -0.05) is 133 Å². The topological polar surface area (TPSA) is 64.5 Å². The molecule has 0 aliphatic heterocycles. The first kappa shape index (κ1) is 26.5. The van der Waals surface area contributed by atoms with Gasteiger partial charge in [-0.15, -0.1) is 0 Å². The third-order valence-corrected chi connectivity index (χ3v) is 8.00. The number of hydrogen-bond acceptors (Lipinski definition) is 5. The van der Waals surface area contributed by atoms with Gasteiger partial charge in [0.1, 0.15) is 0 Å². The van der Waals surface area contributed by atoms with Crippen molar-refractivity contribution < 1.29 is 0 Å². The van der Waals surface area contributed by atoms with E-state index in [0.717, 1.165) is 66.6 Å². The zero-order valence-electron chi connectivity index (χ0n) is 24.6. The highest BCUT2D eigenvalue weighted by Crippen LogP contribution is 2.35. The Morgan fingerprint density at radius 3 is 1.44 bits per heavy atom. The van der Waals surface area contributed by atoms with Crippen LogP contribution in [0.1, 0.15) is 5.69 Å². The average Bonchev–Trinajstić information content (AvgIpc) is 3.12. The molecule has 5 nitrogen and oxygen atoms in total. The van der Waals surface area contributed by atoms with Crippen molar-refractivity contribution in [2.75, 3.05) is 0 Å². The molecular formula is C40H27N5. The van der Waals surface area contributed by atoms with Gasteiger partial charge in [-0.2, -0.15) is 0 Å². The summed E-state index contributed by atoms with van der Waals surface area (Å²) in [6.45, 7) is 2.02. The van der Waals surface area contributed by atoms with Gasteiger partial charge in [0, 0.05) is 38.7 Å². The molecule has 3 aromatic heterocycles. The largest absolute Gasteiger partial charge is 0.251 e. The molecule has 0 aliphatic rings. The fourth-order valence-electron chi connectivity index (χ4n) is 5.70. The second kappa shape index (κ2) is 11.2. The van der Waals surface area contributed by atoms with Gasteiger partial charge >= 0.3 is 0 Å². The van der Waals surface area contributed by atoms with Crippen LogP contribution in [0.15, 0.2) is 146 Å². The van der Waals surface area contributed by atoms with E-state index in [0.29, 0.717) is 17.5 Å². The van der Waals surface area contributed by atoms with E-state index in [9.17, 15) is 0 Å². The molecule has 0 atom stereocenters. The number of pyridine rings is 2. The SMILES string of the molecule is Cc1ccc2ccc3c(-c4ccccc4)cc(-c4ccc(-c5nc(-c6ccccc6)nc(-c6ccccc6)n5)cc4)nc3c2n1. The van der Waals surface area contributed by atoms with Crippen LogP contribution in [-0.4, -0.2) is 24.9 Å². The van der Waals surface area contributed by atoms with Crippen LogP contribution in [0.2, 0.25) is 0 Å². The lowest BCUT2D eigenvalue weighted by atomic mass is 9.97. The first-order valence-electron chi connectivity index (χ1n) is 14.9. The Balaban J connectivity index is 1.27. The van der Waals surface area contributed by atoms with E-state index in [-0.39, 0.29) is 0 Å². The van der Waals surface area contributed by atoms with E-state index >= 15 is 0 Å².